The lowest BCUT2D eigenvalue weighted by molar-refractivity contribution is -0.299. The molecule has 4 aliphatic heterocycles. The number of methoxy groups -OCH3 is 1. The highest BCUT2D eigenvalue weighted by Crippen LogP contribution is 2.43. The van der Waals surface area contributed by atoms with Gasteiger partial charge in [0.1, 0.15) is 18.3 Å². The van der Waals surface area contributed by atoms with Crippen molar-refractivity contribution in [1.29, 1.82) is 0 Å². The van der Waals surface area contributed by atoms with Gasteiger partial charge in [0.25, 0.3) is 0 Å². The topological polar surface area (TPSA) is 172 Å². The molecule has 1 unspecified atom stereocenters. The summed E-state index contributed by atoms with van der Waals surface area (Å²) in [5, 5.41) is 22.8. The van der Waals surface area contributed by atoms with Gasteiger partial charge in [-0.2, -0.15) is 0 Å². The number of carbonyl (C=O) groups is 3. The molecule has 0 amide bonds. The van der Waals surface area contributed by atoms with Crippen LogP contribution in [0.1, 0.15) is 81.6 Å². The van der Waals surface area contributed by atoms with Crippen LogP contribution in [-0.2, 0) is 52.3 Å². The van der Waals surface area contributed by atoms with Crippen LogP contribution in [0.5, 0.6) is 0 Å². The Balaban J connectivity index is 1.74. The van der Waals surface area contributed by atoms with Gasteiger partial charge >= 0.3 is 11.9 Å². The minimum atomic E-state index is -1.11. The molecule has 0 aliphatic carbocycles. The summed E-state index contributed by atoms with van der Waals surface area (Å²) in [4.78, 5) is 41.7. The van der Waals surface area contributed by atoms with Crippen LogP contribution in [0.3, 0.4) is 0 Å². The number of hydrogen-bond acceptors (Lipinski definition) is 14. The summed E-state index contributed by atoms with van der Waals surface area (Å²) in [7, 11) is 5.32. The fourth-order valence-electron chi connectivity index (χ4n) is 8.24. The average molecular weight is 730 g/mol. The van der Waals surface area contributed by atoms with Gasteiger partial charge in [-0.3, -0.25) is 14.4 Å². The minimum Gasteiger partial charge on any atom is -0.462 e. The lowest BCUT2D eigenvalue weighted by Gasteiger charge is -2.46. The number of cyclic esters (lactones) is 1. The molecule has 4 heterocycles. The molecule has 14 nitrogen and oxygen atoms in total. The van der Waals surface area contributed by atoms with Crippen LogP contribution < -0.4 is 0 Å². The summed E-state index contributed by atoms with van der Waals surface area (Å²) in [6, 6.07) is -0.234. The number of nitrogens with zero attached hydrogens (tertiary/aromatic N) is 1. The molecule has 4 fully saturated rings. The fourth-order valence-corrected chi connectivity index (χ4v) is 8.24. The van der Waals surface area contributed by atoms with Gasteiger partial charge in [0.05, 0.1) is 43.0 Å². The van der Waals surface area contributed by atoms with E-state index in [1.165, 1.54) is 14.0 Å². The maximum absolute atomic E-state index is 13.9. The van der Waals surface area contributed by atoms with E-state index in [0.717, 1.165) is 0 Å². The number of aliphatic hydroxyl groups is 2. The number of hydrogen-bond donors (Lipinski definition) is 2. The Hall–Kier alpha value is -1.75. The standard InChI is InChI=1S/C37H63NO13/c1-17-15-37(16-45-37)34(42)20(4)29(40)19(3)23(7)48-35(43)22(6)32(50-28-14-27(44-12)33(24(8)47-28)49-25(9)39)21(5)31(17)51-36-30(41)26(38(10)11)13-18(2)46-36/h17-24,26-33,36,40-41H,13-16H2,1-12H3/t17-,18+,19-,20+,21+,22+,23+,24-,26-,27-,28-,29-,30+,31-,32?,33-,36-,37+/m0/s1. The van der Waals surface area contributed by atoms with Gasteiger partial charge in [-0.05, 0) is 60.5 Å². The van der Waals surface area contributed by atoms with E-state index in [2.05, 4.69) is 0 Å². The first kappa shape index (κ1) is 42.0. The van der Waals surface area contributed by atoms with E-state index in [4.69, 9.17) is 37.9 Å². The first-order chi connectivity index (χ1) is 23.8. The van der Waals surface area contributed by atoms with E-state index in [9.17, 15) is 24.6 Å². The lowest BCUT2D eigenvalue weighted by Crippen LogP contribution is -2.57. The maximum Gasteiger partial charge on any atom is 0.311 e. The van der Waals surface area contributed by atoms with Crippen LogP contribution in [0.4, 0.5) is 0 Å². The van der Waals surface area contributed by atoms with E-state index >= 15 is 0 Å². The molecule has 2 N–H and O–H groups in total. The highest BCUT2D eigenvalue weighted by molar-refractivity contribution is 5.92. The molecule has 0 radical (unpaired) electrons. The van der Waals surface area contributed by atoms with Gasteiger partial charge in [0, 0.05) is 44.2 Å². The van der Waals surface area contributed by atoms with Crippen molar-refractivity contribution in [1.82, 2.24) is 4.90 Å². The largest absolute Gasteiger partial charge is 0.462 e. The number of epoxide rings is 1. The summed E-state index contributed by atoms with van der Waals surface area (Å²) in [5.41, 5.74) is -1.11. The number of rotatable bonds is 7. The van der Waals surface area contributed by atoms with Crippen molar-refractivity contribution in [3.63, 3.8) is 0 Å². The van der Waals surface area contributed by atoms with Gasteiger partial charge < -0.3 is 53.0 Å². The van der Waals surface area contributed by atoms with Gasteiger partial charge in [-0.25, -0.2) is 0 Å². The van der Waals surface area contributed by atoms with Gasteiger partial charge in [-0.15, -0.1) is 0 Å². The third-order valence-corrected chi connectivity index (χ3v) is 11.7. The third kappa shape index (κ3) is 9.50. The molecule has 0 aromatic heterocycles. The SMILES string of the molecule is CO[C@H]1C[C@H](OC2[C@@H](C)C(=O)O[C@H](C)[C@H](C)[C@H](O)[C@@H](C)C(=O)[C@]3(CO3)C[C@H](C)[C@H](O[C@@H]3O[C@H](C)C[C@H](N(C)C)[C@H]3O)[C@H]2C)O[C@@H](C)[C@@H]1OC(C)=O. The van der Waals surface area contributed by atoms with Crippen molar-refractivity contribution in [2.75, 3.05) is 27.8 Å². The van der Waals surface area contributed by atoms with Gasteiger partial charge in [0.15, 0.2) is 30.1 Å². The highest BCUT2D eigenvalue weighted by Gasteiger charge is 2.57. The first-order valence-electron chi connectivity index (χ1n) is 18.5. The molecule has 1 spiro atoms. The smallest absolute Gasteiger partial charge is 0.311 e. The second kappa shape index (κ2) is 17.2. The average Bonchev–Trinajstić information content (AvgIpc) is 3.85. The van der Waals surface area contributed by atoms with Crippen molar-refractivity contribution >= 4 is 17.7 Å². The monoisotopic (exact) mass is 729 g/mol. The molecule has 4 saturated heterocycles. The van der Waals surface area contributed by atoms with Crippen LogP contribution in [0.2, 0.25) is 0 Å². The molecule has 51 heavy (non-hydrogen) atoms. The van der Waals surface area contributed by atoms with Gasteiger partial charge in [0.2, 0.25) is 0 Å². The molecule has 0 aromatic carbocycles. The summed E-state index contributed by atoms with van der Waals surface area (Å²) in [6.45, 7) is 16.0. The zero-order valence-corrected chi connectivity index (χ0v) is 32.5. The molecule has 0 bridgehead atoms. The molecular formula is C37H63NO13. The maximum atomic E-state index is 13.9. The Morgan fingerprint density at radius 3 is 2.06 bits per heavy atom. The molecule has 4 rings (SSSR count). The number of likely N-dealkylation sites (N-methyl/N-ethyl adjacent to an activating group) is 1. The Bertz CT molecular complexity index is 1200. The number of ether oxygens (including phenoxy) is 8. The van der Waals surface area contributed by atoms with Gasteiger partial charge in [-0.1, -0.05) is 27.7 Å². The number of esters is 2. The first-order valence-corrected chi connectivity index (χ1v) is 18.5. The number of carbonyl (C=O) groups excluding carboxylic acids is 3. The Morgan fingerprint density at radius 2 is 1.49 bits per heavy atom. The summed E-state index contributed by atoms with van der Waals surface area (Å²) >= 11 is 0. The minimum absolute atomic E-state index is 0.209. The molecular weight excluding hydrogens is 666 g/mol. The molecule has 14 heteroatoms. The fraction of sp³-hybridized carbons (Fsp3) is 0.919. The van der Waals surface area contributed by atoms with E-state index in [1.807, 2.05) is 39.8 Å². The van der Waals surface area contributed by atoms with E-state index < -0.39 is 103 Å². The molecule has 0 saturated carbocycles. The molecule has 4 aliphatic rings. The second-order valence-electron chi connectivity index (χ2n) is 15.9. The predicted octanol–water partition coefficient (Wildman–Crippen LogP) is 2.48. The zero-order chi connectivity index (χ0) is 38.1. The van der Waals surface area contributed by atoms with Crippen molar-refractivity contribution in [2.24, 2.45) is 29.6 Å². The molecule has 0 aromatic rings. The summed E-state index contributed by atoms with van der Waals surface area (Å²) in [6.07, 6.45) is -7.18. The van der Waals surface area contributed by atoms with Crippen LogP contribution >= 0.6 is 0 Å². The normalized spacial score (nSPS) is 47.5. The lowest BCUT2D eigenvalue weighted by atomic mass is 9.76. The molecule has 18 atom stereocenters. The Labute approximate surface area is 303 Å². The zero-order valence-electron chi connectivity index (χ0n) is 32.5. The van der Waals surface area contributed by atoms with Crippen LogP contribution in [0.15, 0.2) is 0 Å². The van der Waals surface area contributed by atoms with Crippen LogP contribution in [0.25, 0.3) is 0 Å². The summed E-state index contributed by atoms with van der Waals surface area (Å²) in [5.74, 6) is -4.33. The quantitative estimate of drug-likeness (QED) is 0.289. The second-order valence-corrected chi connectivity index (χ2v) is 15.9. The summed E-state index contributed by atoms with van der Waals surface area (Å²) < 4.78 is 49.0. The van der Waals surface area contributed by atoms with E-state index in [0.29, 0.717) is 6.42 Å². The molecule has 294 valence electrons. The number of ketones is 1. The Morgan fingerprint density at radius 1 is 0.843 bits per heavy atom. The number of Topliss-reactive ketones (excluding diaryl/α,β-unsaturated/α-hetero) is 1. The number of aliphatic hydroxyl groups excluding tert-OH is 2. The van der Waals surface area contributed by atoms with Crippen molar-refractivity contribution in [3.8, 4) is 0 Å². The van der Waals surface area contributed by atoms with Crippen LogP contribution in [0, 0.1) is 29.6 Å². The van der Waals surface area contributed by atoms with Crippen molar-refractivity contribution < 1.29 is 62.5 Å². The highest BCUT2D eigenvalue weighted by atomic mass is 16.7. The van der Waals surface area contributed by atoms with Crippen LogP contribution in [-0.4, -0.2) is 140 Å². The van der Waals surface area contributed by atoms with Crippen molar-refractivity contribution in [3.05, 3.63) is 0 Å². The Kier molecular flexibility index (Phi) is 14.1. The van der Waals surface area contributed by atoms with Crippen molar-refractivity contribution in [2.45, 2.75) is 161 Å². The predicted molar refractivity (Wildman–Crippen MR) is 183 cm³/mol. The van der Waals surface area contributed by atoms with E-state index in [-0.39, 0.29) is 43.3 Å². The third-order valence-electron chi connectivity index (χ3n) is 11.7. The van der Waals surface area contributed by atoms with E-state index in [1.54, 1.807) is 34.6 Å².